The van der Waals surface area contributed by atoms with E-state index in [1.165, 1.54) is 5.01 Å². The van der Waals surface area contributed by atoms with Crippen molar-refractivity contribution in [1.29, 1.82) is 0 Å². The number of hydrogen-bond acceptors (Lipinski definition) is 6. The second-order valence-corrected chi connectivity index (χ2v) is 9.02. The van der Waals surface area contributed by atoms with Gasteiger partial charge in [-0.05, 0) is 42.7 Å². The number of ether oxygens (including phenoxy) is 3. The molecule has 1 aliphatic carbocycles. The Morgan fingerprint density at radius 2 is 1.63 bits per heavy atom. The van der Waals surface area contributed by atoms with E-state index in [2.05, 4.69) is 0 Å². The van der Waals surface area contributed by atoms with Crippen molar-refractivity contribution in [3.8, 4) is 17.2 Å². The van der Waals surface area contributed by atoms with Gasteiger partial charge in [0.25, 0.3) is 5.91 Å². The molecule has 0 saturated heterocycles. The number of carbonyl (C=O) groups is 2. The summed E-state index contributed by atoms with van der Waals surface area (Å²) in [6.07, 6.45) is 4.45. The molecule has 35 heavy (non-hydrogen) atoms. The van der Waals surface area contributed by atoms with E-state index in [0.717, 1.165) is 48.3 Å². The van der Waals surface area contributed by atoms with Crippen molar-refractivity contribution < 1.29 is 23.8 Å². The molecule has 2 amide bonds. The van der Waals surface area contributed by atoms with E-state index in [1.807, 2.05) is 36.4 Å². The molecule has 2 aromatic carbocycles. The topological polar surface area (TPSA) is 80.7 Å². The van der Waals surface area contributed by atoms with Crippen LogP contribution in [0.25, 0.3) is 0 Å². The quantitative estimate of drug-likeness (QED) is 0.571. The highest BCUT2D eigenvalue weighted by atomic mass is 16.5. The van der Waals surface area contributed by atoms with Gasteiger partial charge in [-0.15, -0.1) is 0 Å². The molecular weight excluding hydrogens is 446 g/mol. The van der Waals surface area contributed by atoms with E-state index in [4.69, 9.17) is 19.3 Å². The van der Waals surface area contributed by atoms with Crippen molar-refractivity contribution in [2.24, 2.45) is 11.0 Å². The molecule has 1 heterocycles. The van der Waals surface area contributed by atoms with Gasteiger partial charge in [-0.25, -0.2) is 5.01 Å². The standard InChI is InChI=1S/C27H33N3O5/c1-29(27(32)19-7-5-6-8-19)17-26(31)30-24(18-9-11-20(33-2)12-10-18)16-23(28-30)22-14-13-21(34-3)15-25(22)35-4/h9-15,19,24H,5-8,16-17H2,1-4H3/t24-/m1/s1. The van der Waals surface area contributed by atoms with Crippen LogP contribution in [0.1, 0.15) is 49.3 Å². The summed E-state index contributed by atoms with van der Waals surface area (Å²) in [5.74, 6) is 1.88. The van der Waals surface area contributed by atoms with Gasteiger partial charge in [0.1, 0.15) is 23.8 Å². The van der Waals surface area contributed by atoms with Crippen LogP contribution in [0.15, 0.2) is 47.6 Å². The first-order valence-corrected chi connectivity index (χ1v) is 12.0. The monoisotopic (exact) mass is 479 g/mol. The van der Waals surface area contributed by atoms with Gasteiger partial charge in [-0.1, -0.05) is 25.0 Å². The smallest absolute Gasteiger partial charge is 0.262 e. The minimum atomic E-state index is -0.301. The minimum absolute atomic E-state index is 0.0154. The number of methoxy groups -OCH3 is 3. The summed E-state index contributed by atoms with van der Waals surface area (Å²) in [5, 5.41) is 6.26. The number of hydrazone groups is 1. The zero-order chi connectivity index (χ0) is 24.9. The lowest BCUT2D eigenvalue weighted by molar-refractivity contribution is -0.142. The predicted molar refractivity (Wildman–Crippen MR) is 133 cm³/mol. The molecule has 2 aliphatic rings. The molecule has 0 spiro atoms. The molecule has 1 saturated carbocycles. The van der Waals surface area contributed by atoms with Crippen LogP contribution in [0.3, 0.4) is 0 Å². The average molecular weight is 480 g/mol. The minimum Gasteiger partial charge on any atom is -0.497 e. The van der Waals surface area contributed by atoms with Gasteiger partial charge in [0.2, 0.25) is 5.91 Å². The molecule has 4 rings (SSSR count). The Balaban J connectivity index is 1.62. The van der Waals surface area contributed by atoms with Crippen molar-refractivity contribution in [1.82, 2.24) is 9.91 Å². The fraction of sp³-hybridized carbons (Fsp3) is 0.444. The summed E-state index contributed by atoms with van der Waals surface area (Å²) < 4.78 is 16.2. The zero-order valence-electron chi connectivity index (χ0n) is 20.8. The van der Waals surface area contributed by atoms with Crippen LogP contribution in [-0.4, -0.2) is 62.4 Å². The molecule has 8 heteroatoms. The SMILES string of the molecule is COc1ccc([C@H]2CC(c3ccc(OC)cc3OC)=NN2C(=O)CN(C)C(=O)C2CCCC2)cc1. The maximum absolute atomic E-state index is 13.5. The first-order chi connectivity index (χ1) is 16.9. The van der Waals surface area contributed by atoms with Crippen LogP contribution in [0.2, 0.25) is 0 Å². The van der Waals surface area contributed by atoms with E-state index in [1.54, 1.807) is 39.3 Å². The predicted octanol–water partition coefficient (Wildman–Crippen LogP) is 4.04. The normalized spacial score (nSPS) is 17.8. The molecule has 0 unspecified atom stereocenters. The van der Waals surface area contributed by atoms with Crippen LogP contribution in [0, 0.1) is 5.92 Å². The molecule has 1 atom stereocenters. The van der Waals surface area contributed by atoms with Gasteiger partial charge in [0, 0.05) is 31.0 Å². The summed E-state index contributed by atoms with van der Waals surface area (Å²) in [6, 6.07) is 12.9. The van der Waals surface area contributed by atoms with Crippen LogP contribution in [0.5, 0.6) is 17.2 Å². The van der Waals surface area contributed by atoms with Gasteiger partial charge in [-0.3, -0.25) is 9.59 Å². The first kappa shape index (κ1) is 24.6. The molecule has 0 aromatic heterocycles. The first-order valence-electron chi connectivity index (χ1n) is 12.0. The van der Waals surface area contributed by atoms with E-state index in [-0.39, 0.29) is 30.3 Å². The summed E-state index contributed by atoms with van der Waals surface area (Å²) in [4.78, 5) is 27.8. The molecular formula is C27H33N3O5. The van der Waals surface area contributed by atoms with E-state index in [9.17, 15) is 9.59 Å². The number of amides is 2. The summed E-state index contributed by atoms with van der Waals surface area (Å²) in [7, 11) is 6.52. The molecule has 1 fully saturated rings. The third-order valence-electron chi connectivity index (χ3n) is 6.84. The molecule has 0 bridgehead atoms. The third-order valence-corrected chi connectivity index (χ3v) is 6.84. The Morgan fingerprint density at radius 1 is 0.971 bits per heavy atom. The van der Waals surface area contributed by atoms with Gasteiger partial charge >= 0.3 is 0 Å². The highest BCUT2D eigenvalue weighted by molar-refractivity contribution is 6.05. The number of benzene rings is 2. The fourth-order valence-electron chi connectivity index (χ4n) is 4.86. The van der Waals surface area contributed by atoms with Crippen molar-refractivity contribution >= 4 is 17.5 Å². The second-order valence-electron chi connectivity index (χ2n) is 9.02. The lowest BCUT2D eigenvalue weighted by Gasteiger charge is -2.26. The summed E-state index contributed by atoms with van der Waals surface area (Å²) in [6.45, 7) is -0.0154. The van der Waals surface area contributed by atoms with Crippen molar-refractivity contribution in [3.05, 3.63) is 53.6 Å². The molecule has 186 valence electrons. The van der Waals surface area contributed by atoms with Crippen LogP contribution < -0.4 is 14.2 Å². The number of likely N-dealkylation sites (N-methyl/N-ethyl adjacent to an activating group) is 1. The van der Waals surface area contributed by atoms with Gasteiger partial charge in [0.05, 0.1) is 33.1 Å². The maximum atomic E-state index is 13.5. The van der Waals surface area contributed by atoms with Gasteiger partial charge in [0.15, 0.2) is 0 Å². The molecule has 1 aliphatic heterocycles. The maximum Gasteiger partial charge on any atom is 0.262 e. The Bertz CT molecular complexity index is 1090. The van der Waals surface area contributed by atoms with Crippen LogP contribution >= 0.6 is 0 Å². The molecule has 2 aromatic rings. The lowest BCUT2D eigenvalue weighted by Crippen LogP contribution is -2.41. The van der Waals surface area contributed by atoms with Crippen molar-refractivity contribution in [2.45, 2.75) is 38.1 Å². The van der Waals surface area contributed by atoms with E-state index < -0.39 is 0 Å². The lowest BCUT2D eigenvalue weighted by atomic mass is 9.97. The largest absolute Gasteiger partial charge is 0.497 e. The number of hydrogen-bond donors (Lipinski definition) is 0. The van der Waals surface area contributed by atoms with Crippen LogP contribution in [-0.2, 0) is 9.59 Å². The van der Waals surface area contributed by atoms with Crippen molar-refractivity contribution in [3.63, 3.8) is 0 Å². The average Bonchev–Trinajstić information content (AvgIpc) is 3.58. The number of nitrogens with zero attached hydrogens (tertiary/aromatic N) is 3. The number of carbonyl (C=O) groups excluding carboxylic acids is 2. The zero-order valence-corrected chi connectivity index (χ0v) is 20.8. The molecule has 0 radical (unpaired) electrons. The van der Waals surface area contributed by atoms with Crippen LogP contribution in [0.4, 0.5) is 0 Å². The van der Waals surface area contributed by atoms with Crippen molar-refractivity contribution in [2.75, 3.05) is 34.9 Å². The van der Waals surface area contributed by atoms with Gasteiger partial charge in [-0.2, -0.15) is 5.10 Å². The molecule has 8 nitrogen and oxygen atoms in total. The van der Waals surface area contributed by atoms with E-state index >= 15 is 0 Å². The Morgan fingerprint density at radius 3 is 2.26 bits per heavy atom. The highest BCUT2D eigenvalue weighted by Crippen LogP contribution is 2.37. The van der Waals surface area contributed by atoms with Gasteiger partial charge < -0.3 is 19.1 Å². The Labute approximate surface area is 206 Å². The summed E-state index contributed by atoms with van der Waals surface area (Å²) >= 11 is 0. The highest BCUT2D eigenvalue weighted by Gasteiger charge is 2.35. The third kappa shape index (κ3) is 5.26. The fourth-order valence-corrected chi connectivity index (χ4v) is 4.86. The summed E-state index contributed by atoms with van der Waals surface area (Å²) in [5.41, 5.74) is 2.48. The Kier molecular flexibility index (Phi) is 7.58. The van der Waals surface area contributed by atoms with E-state index in [0.29, 0.717) is 17.9 Å². The Hall–Kier alpha value is -3.55. The molecule has 0 N–H and O–H groups in total. The second kappa shape index (κ2) is 10.8. The number of rotatable bonds is 8.